The normalized spacial score (nSPS) is 16.3. The maximum Gasteiger partial charge on any atom is 0.252 e. The van der Waals surface area contributed by atoms with E-state index in [1.54, 1.807) is 28.2 Å². The second-order valence-electron chi connectivity index (χ2n) is 6.02. The van der Waals surface area contributed by atoms with E-state index in [2.05, 4.69) is 25.9 Å². The molecule has 0 atom stereocenters. The van der Waals surface area contributed by atoms with Crippen molar-refractivity contribution in [2.24, 2.45) is 0 Å². The van der Waals surface area contributed by atoms with Crippen LogP contribution in [0.25, 0.3) is 0 Å². The molecule has 134 valence electrons. The van der Waals surface area contributed by atoms with Crippen LogP contribution in [0.1, 0.15) is 12.8 Å². The first-order valence-electron chi connectivity index (χ1n) is 8.33. The first kappa shape index (κ1) is 17.2. The molecule has 9 heteroatoms. The number of nitrogens with one attached hydrogen (secondary N) is 2. The molecule has 1 fully saturated rings. The maximum atomic E-state index is 13.1. The lowest BCUT2D eigenvalue weighted by atomic mass is 9.87. The van der Waals surface area contributed by atoms with Gasteiger partial charge in [-0.3, -0.25) is 9.48 Å². The molecule has 1 aromatic carbocycles. The fraction of sp³-hybridized carbons (Fsp3) is 0.294. The summed E-state index contributed by atoms with van der Waals surface area (Å²) in [4.78, 5) is 14.2. The molecule has 2 aromatic heterocycles. The predicted molar refractivity (Wildman–Crippen MR) is 101 cm³/mol. The largest absolute Gasteiger partial charge is 0.324 e. The molecule has 7 nitrogen and oxygen atoms in total. The van der Waals surface area contributed by atoms with Crippen molar-refractivity contribution in [3.05, 3.63) is 48.2 Å². The van der Waals surface area contributed by atoms with E-state index in [1.165, 1.54) is 11.3 Å². The van der Waals surface area contributed by atoms with Crippen molar-refractivity contribution in [1.82, 2.24) is 25.3 Å². The monoisotopic (exact) mass is 386 g/mol. The molecule has 2 N–H and O–H groups in total. The summed E-state index contributed by atoms with van der Waals surface area (Å²) in [5, 5.41) is 18.6. The van der Waals surface area contributed by atoms with Crippen LogP contribution in [0.15, 0.2) is 57.5 Å². The number of amides is 1. The molecule has 1 aliphatic rings. The van der Waals surface area contributed by atoms with Crippen LogP contribution in [0.5, 0.6) is 0 Å². The molecule has 0 aliphatic carbocycles. The third kappa shape index (κ3) is 3.50. The zero-order valence-corrected chi connectivity index (χ0v) is 15.6. The molecule has 0 unspecified atom stereocenters. The Morgan fingerprint density at radius 1 is 1.27 bits per heavy atom. The number of aromatic nitrogens is 4. The Balaban J connectivity index is 1.49. The average molecular weight is 387 g/mol. The van der Waals surface area contributed by atoms with Crippen molar-refractivity contribution in [3.8, 4) is 0 Å². The van der Waals surface area contributed by atoms with E-state index in [-0.39, 0.29) is 5.91 Å². The summed E-state index contributed by atoms with van der Waals surface area (Å²) in [6, 6.07) is 9.64. The Kier molecular flexibility index (Phi) is 5.00. The number of benzene rings is 1. The van der Waals surface area contributed by atoms with Crippen LogP contribution >= 0.6 is 23.1 Å². The van der Waals surface area contributed by atoms with Gasteiger partial charge in [-0.25, -0.2) is 0 Å². The third-order valence-electron chi connectivity index (χ3n) is 4.45. The molecule has 3 heterocycles. The van der Waals surface area contributed by atoms with Gasteiger partial charge in [0.15, 0.2) is 4.34 Å². The number of carbonyl (C=O) groups excluding carboxylic acids is 1. The Morgan fingerprint density at radius 2 is 2.08 bits per heavy atom. The molecule has 1 aliphatic heterocycles. The molecule has 0 saturated carbocycles. The van der Waals surface area contributed by atoms with E-state index >= 15 is 0 Å². The zero-order valence-electron chi connectivity index (χ0n) is 14.0. The van der Waals surface area contributed by atoms with E-state index in [0.717, 1.165) is 28.0 Å². The second-order valence-corrected chi connectivity index (χ2v) is 8.17. The standard InChI is InChI=1S/C17H18N6OS2/c24-15(17(6-9-18-10-7-17)23-11-1-8-20-23)21-13-2-4-14(5-3-13)26-16-22-19-12-25-16/h1-5,8,11-12,18H,6-7,9-10H2,(H,21,24). The van der Waals surface area contributed by atoms with E-state index < -0.39 is 5.54 Å². The van der Waals surface area contributed by atoms with Crippen LogP contribution in [0, 0.1) is 0 Å². The fourth-order valence-electron chi connectivity index (χ4n) is 3.08. The molecule has 4 rings (SSSR count). The first-order valence-corrected chi connectivity index (χ1v) is 10.0. The van der Waals surface area contributed by atoms with E-state index in [9.17, 15) is 4.79 Å². The van der Waals surface area contributed by atoms with Crippen molar-refractivity contribution in [1.29, 1.82) is 0 Å². The number of rotatable bonds is 5. The summed E-state index contributed by atoms with van der Waals surface area (Å²) in [6.07, 6.45) is 5.01. The van der Waals surface area contributed by atoms with Gasteiger partial charge in [-0.1, -0.05) is 23.1 Å². The van der Waals surface area contributed by atoms with Gasteiger partial charge < -0.3 is 10.6 Å². The second kappa shape index (κ2) is 7.56. The van der Waals surface area contributed by atoms with Gasteiger partial charge in [0.2, 0.25) is 0 Å². The number of hydrogen-bond donors (Lipinski definition) is 2. The summed E-state index contributed by atoms with van der Waals surface area (Å²) in [5.74, 6) is -0.0211. The van der Waals surface area contributed by atoms with Crippen LogP contribution in [-0.4, -0.2) is 39.0 Å². The third-order valence-corrected chi connectivity index (χ3v) is 6.24. The van der Waals surface area contributed by atoms with E-state index in [0.29, 0.717) is 12.8 Å². The first-order chi connectivity index (χ1) is 12.8. The van der Waals surface area contributed by atoms with Gasteiger partial charge >= 0.3 is 0 Å². The Hall–Kier alpha value is -2.23. The van der Waals surface area contributed by atoms with Crippen molar-refractivity contribution >= 4 is 34.7 Å². The number of nitrogens with zero attached hydrogens (tertiary/aromatic N) is 4. The van der Waals surface area contributed by atoms with Gasteiger partial charge in [0.25, 0.3) is 5.91 Å². The number of piperidine rings is 1. The molecule has 26 heavy (non-hydrogen) atoms. The minimum Gasteiger partial charge on any atom is -0.324 e. The Labute approximate surface area is 159 Å². The lowest BCUT2D eigenvalue weighted by Gasteiger charge is -2.36. The van der Waals surface area contributed by atoms with Crippen LogP contribution in [-0.2, 0) is 10.3 Å². The van der Waals surface area contributed by atoms with Gasteiger partial charge in [-0.2, -0.15) is 5.10 Å². The van der Waals surface area contributed by atoms with Crippen molar-refractivity contribution in [2.45, 2.75) is 27.6 Å². The molecule has 3 aromatic rings. The lowest BCUT2D eigenvalue weighted by Crippen LogP contribution is -2.52. The SMILES string of the molecule is O=C(Nc1ccc(Sc2nncs2)cc1)C1(n2cccn2)CCNCC1. The highest BCUT2D eigenvalue weighted by molar-refractivity contribution is 8.01. The van der Waals surface area contributed by atoms with Gasteiger partial charge in [-0.05, 0) is 56.3 Å². The highest BCUT2D eigenvalue weighted by Crippen LogP contribution is 2.31. The Bertz CT molecular complexity index is 842. The summed E-state index contributed by atoms with van der Waals surface area (Å²) < 4.78 is 2.69. The van der Waals surface area contributed by atoms with E-state index in [1.807, 2.05) is 36.5 Å². The quantitative estimate of drug-likeness (QED) is 0.701. The molecule has 1 saturated heterocycles. The van der Waals surface area contributed by atoms with Gasteiger partial charge in [0.1, 0.15) is 11.0 Å². The minimum atomic E-state index is -0.644. The average Bonchev–Trinajstić information content (AvgIpc) is 3.38. The van der Waals surface area contributed by atoms with Crippen molar-refractivity contribution in [3.63, 3.8) is 0 Å². The maximum absolute atomic E-state index is 13.1. The molecular weight excluding hydrogens is 368 g/mol. The molecule has 0 radical (unpaired) electrons. The number of hydrogen-bond acceptors (Lipinski definition) is 7. The van der Waals surface area contributed by atoms with Crippen LogP contribution in [0.4, 0.5) is 5.69 Å². The topological polar surface area (TPSA) is 84.7 Å². The number of carbonyl (C=O) groups is 1. The van der Waals surface area contributed by atoms with Crippen LogP contribution in [0.3, 0.4) is 0 Å². The highest BCUT2D eigenvalue weighted by atomic mass is 32.2. The summed E-state index contributed by atoms with van der Waals surface area (Å²) in [6.45, 7) is 1.59. The Morgan fingerprint density at radius 3 is 2.73 bits per heavy atom. The summed E-state index contributed by atoms with van der Waals surface area (Å²) in [7, 11) is 0. The molecule has 1 amide bonds. The molecule has 0 spiro atoms. The lowest BCUT2D eigenvalue weighted by molar-refractivity contribution is -0.126. The zero-order chi connectivity index (χ0) is 17.8. The fourth-order valence-corrected chi connectivity index (χ4v) is 4.54. The molecular formula is C17H18N6OS2. The minimum absolute atomic E-state index is 0.0211. The van der Waals surface area contributed by atoms with Gasteiger partial charge in [0.05, 0.1) is 0 Å². The van der Waals surface area contributed by atoms with Crippen molar-refractivity contribution in [2.75, 3.05) is 18.4 Å². The van der Waals surface area contributed by atoms with Gasteiger partial charge in [0, 0.05) is 23.0 Å². The predicted octanol–water partition coefficient (Wildman–Crippen LogP) is 2.60. The smallest absolute Gasteiger partial charge is 0.252 e. The van der Waals surface area contributed by atoms with Gasteiger partial charge in [-0.15, -0.1) is 10.2 Å². The summed E-state index contributed by atoms with van der Waals surface area (Å²) in [5.41, 5.74) is 1.85. The van der Waals surface area contributed by atoms with Crippen LogP contribution in [0.2, 0.25) is 0 Å². The van der Waals surface area contributed by atoms with Crippen molar-refractivity contribution < 1.29 is 4.79 Å². The highest BCUT2D eigenvalue weighted by Gasteiger charge is 2.42. The molecule has 0 bridgehead atoms. The van der Waals surface area contributed by atoms with Crippen LogP contribution < -0.4 is 10.6 Å². The number of anilines is 1. The van der Waals surface area contributed by atoms with E-state index in [4.69, 9.17) is 0 Å². The summed E-state index contributed by atoms with van der Waals surface area (Å²) >= 11 is 3.06.